The molecule has 1 aromatic carbocycles. The first kappa shape index (κ1) is 30.4. The molecule has 0 saturated heterocycles. The molecule has 198 valence electrons. The number of amides is 2. The lowest BCUT2D eigenvalue weighted by Crippen LogP contribution is -2.38. The van der Waals surface area contributed by atoms with Gasteiger partial charge in [0.25, 0.3) is 0 Å². The maximum Gasteiger partial charge on any atom is 0.224 e. The number of carbonyl (C=O) groups is 2. The number of guanidine groups is 1. The zero-order valence-corrected chi connectivity index (χ0v) is 22.5. The van der Waals surface area contributed by atoms with Gasteiger partial charge >= 0.3 is 0 Å². The van der Waals surface area contributed by atoms with Gasteiger partial charge in [0, 0.05) is 24.5 Å². The van der Waals surface area contributed by atoms with Gasteiger partial charge in [-0.25, -0.2) is 4.99 Å². The highest BCUT2D eigenvalue weighted by Gasteiger charge is 2.52. The highest BCUT2D eigenvalue weighted by atomic mass is 16.5. The molecule has 2 amide bonds. The number of fused-ring (bicyclic) bond motifs is 1. The fourth-order valence-corrected chi connectivity index (χ4v) is 4.98. The Bertz CT molecular complexity index is 825. The average Bonchev–Trinajstić information content (AvgIpc) is 3.55. The van der Waals surface area contributed by atoms with E-state index in [9.17, 15) is 9.59 Å². The van der Waals surface area contributed by atoms with Crippen molar-refractivity contribution in [1.82, 2.24) is 10.6 Å². The van der Waals surface area contributed by atoms with E-state index in [0.29, 0.717) is 24.9 Å². The molecule has 0 radical (unpaired) electrons. The number of aliphatic imine (C=N–C) groups is 1. The number of ether oxygens (including phenoxy) is 1. The Hall–Kier alpha value is -2.61. The lowest BCUT2D eigenvalue weighted by molar-refractivity contribution is -0.124. The molecule has 8 nitrogen and oxygen atoms in total. The Balaban J connectivity index is 0.00000145. The van der Waals surface area contributed by atoms with Gasteiger partial charge in [-0.2, -0.15) is 0 Å². The molecule has 2 aliphatic rings. The largest absolute Gasteiger partial charge is 0.493 e. The van der Waals surface area contributed by atoms with Crippen LogP contribution in [0.15, 0.2) is 29.3 Å². The van der Waals surface area contributed by atoms with Crippen molar-refractivity contribution in [1.29, 1.82) is 0 Å². The van der Waals surface area contributed by atoms with E-state index in [-0.39, 0.29) is 35.3 Å². The maximum atomic E-state index is 13.1. The van der Waals surface area contributed by atoms with Gasteiger partial charge in [0.15, 0.2) is 5.96 Å². The molecule has 3 rings (SSSR count). The summed E-state index contributed by atoms with van der Waals surface area (Å²) >= 11 is 0. The summed E-state index contributed by atoms with van der Waals surface area (Å²) in [6.07, 6.45) is 3.97. The van der Waals surface area contributed by atoms with Gasteiger partial charge in [0.05, 0.1) is 18.2 Å². The summed E-state index contributed by atoms with van der Waals surface area (Å²) in [6, 6.07) is 7.93. The number of aliphatic hydroxyl groups is 1. The summed E-state index contributed by atoms with van der Waals surface area (Å²) in [5, 5.41) is 12.7. The fourth-order valence-electron chi connectivity index (χ4n) is 4.98. The van der Waals surface area contributed by atoms with Crippen molar-refractivity contribution in [2.24, 2.45) is 34.4 Å². The van der Waals surface area contributed by atoms with Gasteiger partial charge < -0.3 is 20.9 Å². The third-order valence-electron chi connectivity index (χ3n) is 7.31. The molecule has 1 fully saturated rings. The van der Waals surface area contributed by atoms with Gasteiger partial charge in [-0.15, -0.1) is 0 Å². The highest BCUT2D eigenvalue weighted by Crippen LogP contribution is 2.51. The standard InChI is InChI=1S/C24H36N4O3.C2H6.CH4O/c1-5-24(6-2,28-23(25)26-14-29)12-11-17-16(4)20(17)22(30)27-21-15(3)13-31-19-10-8-7-9-18(19)21;2*1-2/h7-10,14-17,20-21H,5-6,11-13H2,1-4H3,(H,27,30)(H3,25,26,28,29);1-2H3;2H,1H3/t15-,16?,17?,20?,21-;;/m0../s1. The predicted molar refractivity (Wildman–Crippen MR) is 141 cm³/mol. The Morgan fingerprint density at radius 2 is 1.86 bits per heavy atom. The van der Waals surface area contributed by atoms with Crippen molar-refractivity contribution in [3.63, 3.8) is 0 Å². The molecule has 8 heteroatoms. The molecule has 0 bridgehead atoms. The molecule has 1 aliphatic carbocycles. The van der Waals surface area contributed by atoms with Crippen molar-refractivity contribution in [2.45, 2.75) is 78.8 Å². The summed E-state index contributed by atoms with van der Waals surface area (Å²) in [5.41, 5.74) is 6.59. The van der Waals surface area contributed by atoms with E-state index in [4.69, 9.17) is 15.6 Å². The van der Waals surface area contributed by atoms with E-state index in [0.717, 1.165) is 44.1 Å². The number of hydrogen-bond acceptors (Lipinski definition) is 5. The van der Waals surface area contributed by atoms with E-state index in [1.165, 1.54) is 0 Å². The first-order valence-electron chi connectivity index (χ1n) is 12.9. The minimum absolute atomic E-state index is 0.0184. The molecule has 1 heterocycles. The van der Waals surface area contributed by atoms with E-state index < -0.39 is 0 Å². The number of hydrogen-bond donors (Lipinski definition) is 4. The number of nitrogens with zero attached hydrogens (tertiary/aromatic N) is 1. The Labute approximate surface area is 211 Å². The monoisotopic (exact) mass is 490 g/mol. The fraction of sp³-hybridized carbons (Fsp3) is 0.667. The lowest BCUT2D eigenvalue weighted by Gasteiger charge is -2.32. The van der Waals surface area contributed by atoms with Crippen LogP contribution in [0.2, 0.25) is 0 Å². The van der Waals surface area contributed by atoms with Crippen LogP contribution < -0.4 is 21.1 Å². The molecule has 5 N–H and O–H groups in total. The quantitative estimate of drug-likeness (QED) is 0.238. The second kappa shape index (κ2) is 14.7. The predicted octanol–water partition coefficient (Wildman–Crippen LogP) is 3.79. The van der Waals surface area contributed by atoms with Crippen molar-refractivity contribution in [2.75, 3.05) is 13.7 Å². The van der Waals surface area contributed by atoms with Gasteiger partial charge in [0.2, 0.25) is 12.3 Å². The van der Waals surface area contributed by atoms with Crippen molar-refractivity contribution >= 4 is 18.3 Å². The van der Waals surface area contributed by atoms with Gasteiger partial charge in [0.1, 0.15) is 5.75 Å². The first-order chi connectivity index (χ1) is 16.9. The topological polar surface area (TPSA) is 126 Å². The van der Waals surface area contributed by atoms with Crippen LogP contribution in [0, 0.1) is 23.7 Å². The number of aliphatic hydroxyl groups excluding tert-OH is 1. The third kappa shape index (κ3) is 7.69. The Morgan fingerprint density at radius 1 is 1.23 bits per heavy atom. The molecular formula is C27H46N4O4. The summed E-state index contributed by atoms with van der Waals surface area (Å²) in [7, 11) is 1.00. The van der Waals surface area contributed by atoms with E-state index >= 15 is 0 Å². The number of nitrogens with one attached hydrogen (secondary N) is 2. The second-order valence-corrected chi connectivity index (χ2v) is 9.09. The molecule has 0 aromatic heterocycles. The number of benzene rings is 1. The highest BCUT2D eigenvalue weighted by molar-refractivity contribution is 5.87. The normalized spacial score (nSPS) is 24.8. The van der Waals surface area contributed by atoms with E-state index in [2.05, 4.69) is 43.3 Å². The number of rotatable bonds is 9. The number of para-hydroxylation sites is 1. The number of carbonyl (C=O) groups excluding carboxylic acids is 2. The third-order valence-corrected chi connectivity index (χ3v) is 7.31. The molecule has 1 aromatic rings. The van der Waals surface area contributed by atoms with E-state index in [1.807, 2.05) is 38.1 Å². The van der Waals surface area contributed by atoms with Crippen LogP contribution >= 0.6 is 0 Å². The van der Waals surface area contributed by atoms with Crippen LogP contribution in [-0.4, -0.2) is 42.6 Å². The average molecular weight is 491 g/mol. The minimum atomic E-state index is -0.308. The summed E-state index contributed by atoms with van der Waals surface area (Å²) < 4.78 is 5.81. The Morgan fingerprint density at radius 3 is 2.46 bits per heavy atom. The summed E-state index contributed by atoms with van der Waals surface area (Å²) in [5.74, 6) is 2.11. The number of nitrogens with two attached hydrogens (primary N) is 1. The lowest BCUT2D eigenvalue weighted by atomic mass is 9.87. The first-order valence-corrected chi connectivity index (χ1v) is 12.9. The van der Waals surface area contributed by atoms with Crippen LogP contribution in [0.5, 0.6) is 5.75 Å². The molecule has 1 aliphatic heterocycles. The molecule has 5 atom stereocenters. The SMILES string of the molecule is CC.CCC(CC)(CCC1C(C)C1C(=O)N[C@@H]1c2ccccc2OC[C@@H]1C)N=C(N)NC=O.CO. The van der Waals surface area contributed by atoms with E-state index in [1.54, 1.807) is 0 Å². The smallest absolute Gasteiger partial charge is 0.224 e. The summed E-state index contributed by atoms with van der Waals surface area (Å²) in [6.45, 7) is 13.1. The molecular weight excluding hydrogens is 444 g/mol. The molecule has 0 spiro atoms. The maximum absolute atomic E-state index is 13.1. The van der Waals surface area contributed by atoms with Crippen LogP contribution in [0.4, 0.5) is 0 Å². The summed E-state index contributed by atoms with van der Waals surface area (Å²) in [4.78, 5) is 28.4. The minimum Gasteiger partial charge on any atom is -0.493 e. The van der Waals surface area contributed by atoms with Crippen LogP contribution in [0.25, 0.3) is 0 Å². The van der Waals surface area contributed by atoms with Gasteiger partial charge in [-0.3, -0.25) is 14.9 Å². The van der Waals surface area contributed by atoms with Crippen molar-refractivity contribution < 1.29 is 19.4 Å². The molecule has 3 unspecified atom stereocenters. The second-order valence-electron chi connectivity index (χ2n) is 9.09. The van der Waals surface area contributed by atoms with Crippen molar-refractivity contribution in [3.8, 4) is 5.75 Å². The van der Waals surface area contributed by atoms with Crippen LogP contribution in [-0.2, 0) is 9.59 Å². The van der Waals surface area contributed by atoms with Gasteiger partial charge in [-0.05, 0) is 43.6 Å². The zero-order valence-electron chi connectivity index (χ0n) is 22.5. The van der Waals surface area contributed by atoms with Gasteiger partial charge in [-0.1, -0.05) is 59.7 Å². The molecule has 1 saturated carbocycles. The Kier molecular flexibility index (Phi) is 12.8. The van der Waals surface area contributed by atoms with Crippen LogP contribution in [0.1, 0.15) is 78.8 Å². The van der Waals surface area contributed by atoms with Crippen LogP contribution in [0.3, 0.4) is 0 Å². The molecule has 35 heavy (non-hydrogen) atoms. The van der Waals surface area contributed by atoms with Crippen molar-refractivity contribution in [3.05, 3.63) is 29.8 Å². The zero-order chi connectivity index (χ0) is 26.6.